The van der Waals surface area contributed by atoms with Crippen LogP contribution in [0.4, 0.5) is 0 Å². The number of hydrogen-bond donors (Lipinski definition) is 0. The zero-order valence-electron chi connectivity index (χ0n) is 11.3. The van der Waals surface area contributed by atoms with Crippen LogP contribution in [0.15, 0.2) is 84.9 Å². The second-order valence-corrected chi connectivity index (χ2v) is 9.93. The fourth-order valence-corrected chi connectivity index (χ4v) is 4.65. The van der Waals surface area contributed by atoms with E-state index in [9.17, 15) is 0 Å². The van der Waals surface area contributed by atoms with Crippen LogP contribution in [0.1, 0.15) is 0 Å². The molecule has 0 saturated heterocycles. The molecular formula is C17H17ClFeSi. The third-order valence-electron chi connectivity index (χ3n) is 3.08. The molecule has 3 rings (SSSR count). The smallest absolute Gasteiger partial charge is 0.214 e. The molecule has 1 atom stereocenters. The van der Waals surface area contributed by atoms with Crippen molar-refractivity contribution < 1.29 is 17.1 Å². The molecule has 0 heterocycles. The standard InChI is InChI=1S/C12H12ClSi.C5H5.Fe/c1-14(13,12-9-5-6-10-12)11-7-3-2-4-8-11;1-2-4-5-3-1;/h2-10H,1H3;1-5H;/q2*-1;+2. The van der Waals surface area contributed by atoms with E-state index in [1.54, 1.807) is 0 Å². The quantitative estimate of drug-likeness (QED) is 0.379. The first kappa shape index (κ1) is 17.0. The first-order valence-electron chi connectivity index (χ1n) is 6.34. The number of rotatable bonds is 2. The van der Waals surface area contributed by atoms with Crippen molar-refractivity contribution in [3.63, 3.8) is 0 Å². The van der Waals surface area contributed by atoms with Gasteiger partial charge >= 0.3 is 17.1 Å². The molecule has 0 bridgehead atoms. The van der Waals surface area contributed by atoms with Crippen LogP contribution in [0.2, 0.25) is 6.55 Å². The van der Waals surface area contributed by atoms with Crippen molar-refractivity contribution in [2.45, 2.75) is 6.55 Å². The molecule has 0 N–H and O–H groups in total. The van der Waals surface area contributed by atoms with Crippen molar-refractivity contribution in [1.82, 2.24) is 0 Å². The maximum atomic E-state index is 6.67. The van der Waals surface area contributed by atoms with Crippen molar-refractivity contribution in [3.05, 3.63) is 84.9 Å². The van der Waals surface area contributed by atoms with E-state index in [1.807, 2.05) is 60.7 Å². The SMILES string of the molecule is C[Si](Cl)(c1ccccc1)c1ccc[cH-]1.[Fe+2].c1cc[cH-]c1. The van der Waals surface area contributed by atoms with Gasteiger partial charge < -0.3 is 0 Å². The Morgan fingerprint density at radius 3 is 1.95 bits per heavy atom. The third-order valence-corrected chi connectivity index (χ3v) is 7.22. The molecule has 0 aliphatic heterocycles. The van der Waals surface area contributed by atoms with Gasteiger partial charge in [-0.2, -0.15) is 46.6 Å². The summed E-state index contributed by atoms with van der Waals surface area (Å²) in [5, 5.41) is 2.55. The maximum Gasteiger partial charge on any atom is 2.00 e. The van der Waals surface area contributed by atoms with Gasteiger partial charge in [0.1, 0.15) is 0 Å². The average Bonchev–Trinajstić information content (AvgIpc) is 3.15. The molecule has 0 saturated carbocycles. The van der Waals surface area contributed by atoms with E-state index in [-0.39, 0.29) is 17.1 Å². The van der Waals surface area contributed by atoms with E-state index in [2.05, 4.69) is 30.8 Å². The molecule has 0 aliphatic carbocycles. The molecule has 0 aromatic heterocycles. The van der Waals surface area contributed by atoms with Gasteiger partial charge in [0.25, 0.3) is 0 Å². The molecule has 0 amide bonds. The van der Waals surface area contributed by atoms with Gasteiger partial charge in [-0.05, 0) is 11.7 Å². The van der Waals surface area contributed by atoms with Gasteiger partial charge in [0.15, 0.2) is 7.38 Å². The topological polar surface area (TPSA) is 0 Å². The van der Waals surface area contributed by atoms with Gasteiger partial charge in [0.2, 0.25) is 0 Å². The van der Waals surface area contributed by atoms with E-state index in [0.717, 1.165) is 0 Å². The minimum absolute atomic E-state index is 0. The fourth-order valence-electron chi connectivity index (χ4n) is 1.93. The number of benzene rings is 1. The van der Waals surface area contributed by atoms with Crippen molar-refractivity contribution in [2.24, 2.45) is 0 Å². The van der Waals surface area contributed by atoms with Gasteiger partial charge in [-0.25, -0.2) is 24.3 Å². The first-order chi connectivity index (χ1) is 9.21. The van der Waals surface area contributed by atoms with Crippen LogP contribution in [0, 0.1) is 0 Å². The molecular weight excluding hydrogens is 324 g/mol. The Bertz CT molecular complexity index is 539. The summed E-state index contributed by atoms with van der Waals surface area (Å²) in [7, 11) is -1.93. The van der Waals surface area contributed by atoms with E-state index >= 15 is 0 Å². The molecule has 1 unspecified atom stereocenters. The molecule has 3 heteroatoms. The Balaban J connectivity index is 0.000000283. The van der Waals surface area contributed by atoms with Gasteiger partial charge in [0, 0.05) is 0 Å². The van der Waals surface area contributed by atoms with Gasteiger partial charge in [-0.3, -0.25) is 0 Å². The summed E-state index contributed by atoms with van der Waals surface area (Å²) in [6.07, 6.45) is 0. The predicted molar refractivity (Wildman–Crippen MR) is 87.3 cm³/mol. The van der Waals surface area contributed by atoms with Crippen LogP contribution in [-0.2, 0) is 17.1 Å². The Labute approximate surface area is 137 Å². The molecule has 3 aromatic carbocycles. The van der Waals surface area contributed by atoms with Gasteiger partial charge in [-0.15, -0.1) is 0 Å². The van der Waals surface area contributed by atoms with Crippen LogP contribution in [0.3, 0.4) is 0 Å². The summed E-state index contributed by atoms with van der Waals surface area (Å²) in [6, 6.07) is 28.7. The van der Waals surface area contributed by atoms with Crippen LogP contribution in [-0.4, -0.2) is 7.38 Å². The molecule has 20 heavy (non-hydrogen) atoms. The van der Waals surface area contributed by atoms with E-state index in [4.69, 9.17) is 11.1 Å². The Morgan fingerprint density at radius 1 is 0.850 bits per heavy atom. The largest absolute Gasteiger partial charge is 2.00 e. The fraction of sp³-hybridized carbons (Fsp3) is 0.0588. The van der Waals surface area contributed by atoms with Gasteiger partial charge in [0.05, 0.1) is 0 Å². The Hall–Kier alpha value is -1.05. The molecule has 0 radical (unpaired) electrons. The zero-order valence-corrected chi connectivity index (χ0v) is 14.2. The summed E-state index contributed by atoms with van der Waals surface area (Å²) in [6.45, 7) is 2.17. The molecule has 0 nitrogen and oxygen atoms in total. The molecule has 3 aromatic rings. The van der Waals surface area contributed by atoms with Crippen molar-refractivity contribution >= 4 is 28.8 Å². The van der Waals surface area contributed by atoms with Crippen LogP contribution >= 0.6 is 11.1 Å². The third kappa shape index (κ3) is 4.50. The average molecular weight is 341 g/mol. The van der Waals surface area contributed by atoms with Crippen LogP contribution < -0.4 is 10.4 Å². The predicted octanol–water partition coefficient (Wildman–Crippen LogP) is 3.74. The monoisotopic (exact) mass is 340 g/mol. The molecule has 0 aliphatic rings. The summed E-state index contributed by atoms with van der Waals surface area (Å²) in [5.74, 6) is 0. The summed E-state index contributed by atoms with van der Waals surface area (Å²) < 4.78 is 0. The van der Waals surface area contributed by atoms with Crippen molar-refractivity contribution in [2.75, 3.05) is 0 Å². The van der Waals surface area contributed by atoms with E-state index < -0.39 is 7.38 Å². The summed E-state index contributed by atoms with van der Waals surface area (Å²) in [5.41, 5.74) is 0. The van der Waals surface area contributed by atoms with Crippen molar-refractivity contribution in [3.8, 4) is 0 Å². The molecule has 0 fully saturated rings. The zero-order chi connectivity index (χ0) is 13.6. The second kappa shape index (κ2) is 8.28. The first-order valence-corrected chi connectivity index (χ1v) is 9.86. The number of hydrogen-bond acceptors (Lipinski definition) is 0. The van der Waals surface area contributed by atoms with Gasteiger partial charge in [-0.1, -0.05) is 30.3 Å². The normalized spacial score (nSPS) is 12.5. The Kier molecular flexibility index (Phi) is 7.04. The minimum atomic E-state index is -1.93. The Morgan fingerprint density at radius 2 is 1.50 bits per heavy atom. The molecule has 104 valence electrons. The minimum Gasteiger partial charge on any atom is -0.214 e. The van der Waals surface area contributed by atoms with E-state index in [1.165, 1.54) is 10.4 Å². The maximum absolute atomic E-state index is 6.67. The van der Waals surface area contributed by atoms with E-state index in [0.29, 0.717) is 0 Å². The van der Waals surface area contributed by atoms with Crippen LogP contribution in [0.25, 0.3) is 0 Å². The second-order valence-electron chi connectivity index (χ2n) is 4.50. The summed E-state index contributed by atoms with van der Waals surface area (Å²) >= 11 is 6.67. The number of halogens is 1. The summed E-state index contributed by atoms with van der Waals surface area (Å²) in [4.78, 5) is 0. The van der Waals surface area contributed by atoms with Crippen LogP contribution in [0.5, 0.6) is 0 Å². The van der Waals surface area contributed by atoms with Crippen molar-refractivity contribution in [1.29, 1.82) is 0 Å². The molecule has 0 spiro atoms.